The maximum atomic E-state index is 4.25. The minimum atomic E-state index is 0.870. The number of nitrogens with zero attached hydrogens (tertiary/aromatic N) is 2. The molecule has 0 aliphatic rings. The lowest BCUT2D eigenvalue weighted by Gasteiger charge is -2.05. The summed E-state index contributed by atoms with van der Waals surface area (Å²) < 4.78 is 0. The average Bonchev–Trinajstić information content (AvgIpc) is 2.84. The van der Waals surface area contributed by atoms with Crippen molar-refractivity contribution in [2.24, 2.45) is 0 Å². The number of aryl methyl sites for hydroxylation is 1. The van der Waals surface area contributed by atoms with Crippen molar-refractivity contribution in [3.05, 3.63) is 58.3 Å². The molecule has 0 unspecified atom stereocenters. The van der Waals surface area contributed by atoms with Crippen molar-refractivity contribution in [1.29, 1.82) is 0 Å². The molecule has 0 radical (unpaired) electrons. The van der Waals surface area contributed by atoms with Gasteiger partial charge in [0, 0.05) is 41.9 Å². The summed E-state index contributed by atoms with van der Waals surface area (Å²) in [6, 6.07) is 8.53. The predicted octanol–water partition coefficient (Wildman–Crippen LogP) is 3.29. The smallest absolute Gasteiger partial charge is 0.0897 e. The Balaban J connectivity index is 1.65. The van der Waals surface area contributed by atoms with Crippen molar-refractivity contribution in [1.82, 2.24) is 15.3 Å². The first-order valence-corrected chi connectivity index (χ1v) is 7.07. The van der Waals surface area contributed by atoms with Gasteiger partial charge in [-0.3, -0.25) is 4.98 Å². The fourth-order valence-electron chi connectivity index (χ4n) is 2.06. The van der Waals surface area contributed by atoms with Crippen LogP contribution in [0.3, 0.4) is 0 Å². The van der Waals surface area contributed by atoms with Crippen LogP contribution < -0.4 is 5.32 Å². The maximum absolute atomic E-state index is 4.25. The van der Waals surface area contributed by atoms with Crippen molar-refractivity contribution in [2.75, 3.05) is 0 Å². The van der Waals surface area contributed by atoms with Gasteiger partial charge in [-0.15, -0.1) is 11.3 Å². The summed E-state index contributed by atoms with van der Waals surface area (Å²) in [4.78, 5) is 9.66. The van der Waals surface area contributed by atoms with Gasteiger partial charge in [-0.05, 0) is 30.0 Å². The van der Waals surface area contributed by atoms with E-state index in [1.165, 1.54) is 21.2 Å². The highest BCUT2D eigenvalue weighted by Crippen LogP contribution is 2.15. The molecule has 0 amide bonds. The van der Waals surface area contributed by atoms with Gasteiger partial charge in [0.2, 0.25) is 0 Å². The number of nitrogens with one attached hydrogen (secondary N) is 1. The highest BCUT2D eigenvalue weighted by Gasteiger charge is 1.99. The average molecular weight is 269 g/mol. The van der Waals surface area contributed by atoms with Gasteiger partial charge in [0.05, 0.1) is 5.01 Å². The molecule has 0 fully saturated rings. The molecule has 3 rings (SSSR count). The van der Waals surface area contributed by atoms with E-state index in [0.29, 0.717) is 0 Å². The summed E-state index contributed by atoms with van der Waals surface area (Å²) in [6.45, 7) is 3.78. The molecule has 3 nitrogen and oxygen atoms in total. The Bertz CT molecular complexity index is 690. The molecule has 2 heterocycles. The van der Waals surface area contributed by atoms with Gasteiger partial charge < -0.3 is 5.32 Å². The highest BCUT2D eigenvalue weighted by molar-refractivity contribution is 7.11. The van der Waals surface area contributed by atoms with Gasteiger partial charge in [-0.25, -0.2) is 4.98 Å². The van der Waals surface area contributed by atoms with E-state index in [4.69, 9.17) is 0 Å². The topological polar surface area (TPSA) is 37.8 Å². The summed E-state index contributed by atoms with van der Waals surface area (Å²) in [6.07, 6.45) is 5.67. The number of thiazole rings is 1. The zero-order valence-corrected chi connectivity index (χ0v) is 11.6. The van der Waals surface area contributed by atoms with Gasteiger partial charge in [0.25, 0.3) is 0 Å². The summed E-state index contributed by atoms with van der Waals surface area (Å²) in [5.41, 5.74) is 1.29. The van der Waals surface area contributed by atoms with Crippen molar-refractivity contribution in [3.8, 4) is 0 Å². The lowest BCUT2D eigenvalue weighted by Crippen LogP contribution is -2.11. The van der Waals surface area contributed by atoms with Crippen molar-refractivity contribution in [3.63, 3.8) is 0 Å². The van der Waals surface area contributed by atoms with Crippen molar-refractivity contribution >= 4 is 22.1 Å². The number of hydrogen-bond acceptors (Lipinski definition) is 4. The number of rotatable bonds is 4. The fourth-order valence-corrected chi connectivity index (χ4v) is 2.82. The molecule has 4 heteroatoms. The van der Waals surface area contributed by atoms with Gasteiger partial charge in [0.15, 0.2) is 0 Å². The zero-order chi connectivity index (χ0) is 13.1. The van der Waals surface area contributed by atoms with E-state index in [1.54, 1.807) is 11.3 Å². The molecule has 2 aromatic heterocycles. The van der Waals surface area contributed by atoms with E-state index < -0.39 is 0 Å². The van der Waals surface area contributed by atoms with Crippen LogP contribution in [0.2, 0.25) is 0 Å². The lowest BCUT2D eigenvalue weighted by molar-refractivity contribution is 0.700. The SMILES string of the molecule is Cc1ncc(CNCc2ccc3cnccc3c2)s1. The minimum Gasteiger partial charge on any atom is -0.308 e. The third-order valence-corrected chi connectivity index (χ3v) is 3.92. The molecule has 3 aromatic rings. The van der Waals surface area contributed by atoms with Crippen LogP contribution >= 0.6 is 11.3 Å². The van der Waals surface area contributed by atoms with Crippen LogP contribution in [0.25, 0.3) is 10.8 Å². The fraction of sp³-hybridized carbons (Fsp3) is 0.200. The third kappa shape index (κ3) is 2.97. The minimum absolute atomic E-state index is 0.870. The molecule has 0 bridgehead atoms. The molecule has 0 saturated heterocycles. The quantitative estimate of drug-likeness (QED) is 0.789. The van der Waals surface area contributed by atoms with E-state index in [2.05, 4.69) is 33.5 Å². The molecule has 0 aliphatic carbocycles. The molecule has 0 aliphatic heterocycles. The first-order valence-electron chi connectivity index (χ1n) is 6.26. The molecule has 0 spiro atoms. The second kappa shape index (κ2) is 5.47. The Hall–Kier alpha value is -1.78. The maximum Gasteiger partial charge on any atom is 0.0897 e. The Kier molecular flexibility index (Phi) is 3.53. The molecule has 96 valence electrons. The highest BCUT2D eigenvalue weighted by atomic mass is 32.1. The molecule has 0 atom stereocenters. The second-order valence-electron chi connectivity index (χ2n) is 4.51. The molecule has 1 aromatic carbocycles. The summed E-state index contributed by atoms with van der Waals surface area (Å²) in [5.74, 6) is 0. The van der Waals surface area contributed by atoms with Gasteiger partial charge in [0.1, 0.15) is 0 Å². The van der Waals surface area contributed by atoms with Crippen LogP contribution in [0, 0.1) is 6.92 Å². The van der Waals surface area contributed by atoms with E-state index in [0.717, 1.165) is 18.1 Å². The standard InChI is InChI=1S/C15H15N3S/c1-11-18-10-15(19-11)9-17-7-12-2-3-14-8-16-5-4-13(14)6-12/h2-6,8,10,17H,7,9H2,1H3. The Morgan fingerprint density at radius 1 is 1.11 bits per heavy atom. The number of benzene rings is 1. The molecule has 0 saturated carbocycles. The monoisotopic (exact) mass is 269 g/mol. The predicted molar refractivity (Wildman–Crippen MR) is 79.1 cm³/mol. The molecular weight excluding hydrogens is 254 g/mol. The number of hydrogen-bond donors (Lipinski definition) is 1. The van der Waals surface area contributed by atoms with Gasteiger partial charge in [-0.2, -0.15) is 0 Å². The molecule has 1 N–H and O–H groups in total. The van der Waals surface area contributed by atoms with Crippen LogP contribution in [-0.2, 0) is 13.1 Å². The normalized spacial score (nSPS) is 11.0. The van der Waals surface area contributed by atoms with E-state index in [-0.39, 0.29) is 0 Å². The number of pyridine rings is 1. The number of aromatic nitrogens is 2. The first-order chi connectivity index (χ1) is 9.31. The molecule has 19 heavy (non-hydrogen) atoms. The summed E-state index contributed by atoms with van der Waals surface area (Å²) >= 11 is 1.74. The lowest BCUT2D eigenvalue weighted by atomic mass is 10.1. The Morgan fingerprint density at radius 3 is 2.89 bits per heavy atom. The first kappa shape index (κ1) is 12.3. The summed E-state index contributed by atoms with van der Waals surface area (Å²) in [7, 11) is 0. The third-order valence-electron chi connectivity index (χ3n) is 3.00. The zero-order valence-electron chi connectivity index (χ0n) is 10.8. The van der Waals surface area contributed by atoms with E-state index in [9.17, 15) is 0 Å². The van der Waals surface area contributed by atoms with Gasteiger partial charge in [-0.1, -0.05) is 12.1 Å². The Labute approximate surface area is 116 Å². The van der Waals surface area contributed by atoms with Crippen LogP contribution in [0.15, 0.2) is 42.9 Å². The van der Waals surface area contributed by atoms with E-state index in [1.807, 2.05) is 31.6 Å². The van der Waals surface area contributed by atoms with Crippen LogP contribution in [-0.4, -0.2) is 9.97 Å². The van der Waals surface area contributed by atoms with Crippen molar-refractivity contribution < 1.29 is 0 Å². The van der Waals surface area contributed by atoms with Crippen LogP contribution in [0.5, 0.6) is 0 Å². The Morgan fingerprint density at radius 2 is 2.05 bits per heavy atom. The van der Waals surface area contributed by atoms with Crippen LogP contribution in [0.1, 0.15) is 15.4 Å². The van der Waals surface area contributed by atoms with Gasteiger partial charge >= 0.3 is 0 Å². The largest absolute Gasteiger partial charge is 0.308 e. The van der Waals surface area contributed by atoms with Crippen molar-refractivity contribution in [2.45, 2.75) is 20.0 Å². The molecular formula is C15H15N3S. The number of fused-ring (bicyclic) bond motifs is 1. The van der Waals surface area contributed by atoms with E-state index >= 15 is 0 Å². The second-order valence-corrected chi connectivity index (χ2v) is 5.83. The summed E-state index contributed by atoms with van der Waals surface area (Å²) in [5, 5.41) is 6.99. The van der Waals surface area contributed by atoms with Crippen LogP contribution in [0.4, 0.5) is 0 Å².